The zero-order valence-corrected chi connectivity index (χ0v) is 17.4. The van der Waals surface area contributed by atoms with E-state index in [2.05, 4.69) is 10.2 Å². The minimum atomic E-state index is -0.491. The van der Waals surface area contributed by atoms with E-state index in [1.54, 1.807) is 12.1 Å². The van der Waals surface area contributed by atoms with Crippen molar-refractivity contribution in [3.05, 3.63) is 23.8 Å². The Morgan fingerprint density at radius 3 is 2.53 bits per heavy atom. The van der Waals surface area contributed by atoms with Crippen molar-refractivity contribution < 1.29 is 23.9 Å². The molecule has 2 amide bonds. The molecule has 0 bridgehead atoms. The predicted octanol–water partition coefficient (Wildman–Crippen LogP) is 1.90. The van der Waals surface area contributed by atoms with Crippen molar-refractivity contribution >= 4 is 29.2 Å². The van der Waals surface area contributed by atoms with Crippen LogP contribution in [0.2, 0.25) is 0 Å². The maximum Gasteiger partial charge on any atom is 0.340 e. The van der Waals surface area contributed by atoms with Crippen LogP contribution in [0.5, 0.6) is 0 Å². The van der Waals surface area contributed by atoms with Gasteiger partial charge in [-0.25, -0.2) is 4.79 Å². The summed E-state index contributed by atoms with van der Waals surface area (Å²) in [6, 6.07) is 5.42. The minimum Gasteiger partial charge on any atom is -0.465 e. The molecule has 1 unspecified atom stereocenters. The molecule has 1 atom stereocenters. The van der Waals surface area contributed by atoms with Gasteiger partial charge < -0.3 is 24.6 Å². The molecule has 8 heteroatoms. The summed E-state index contributed by atoms with van der Waals surface area (Å²) in [5.41, 5.74) is 1.67. The summed E-state index contributed by atoms with van der Waals surface area (Å²) >= 11 is 0. The molecule has 30 heavy (non-hydrogen) atoms. The average Bonchev–Trinajstić information content (AvgIpc) is 3.64. The Morgan fingerprint density at radius 2 is 1.83 bits per heavy atom. The lowest BCUT2D eigenvalue weighted by molar-refractivity contribution is -0.135. The van der Waals surface area contributed by atoms with Gasteiger partial charge in [0.2, 0.25) is 11.8 Å². The van der Waals surface area contributed by atoms with Crippen LogP contribution in [0.25, 0.3) is 0 Å². The number of esters is 1. The zero-order valence-electron chi connectivity index (χ0n) is 17.4. The number of likely N-dealkylation sites (tertiary alicyclic amines) is 1. The average molecular weight is 415 g/mol. The normalized spacial score (nSPS) is 21.8. The Kier molecular flexibility index (Phi) is 6.22. The third-order valence-corrected chi connectivity index (χ3v) is 6.07. The Hall–Kier alpha value is -2.61. The third-order valence-electron chi connectivity index (χ3n) is 6.07. The molecule has 2 saturated heterocycles. The number of benzene rings is 1. The number of hydrogen-bond donors (Lipinski definition) is 1. The largest absolute Gasteiger partial charge is 0.465 e. The summed E-state index contributed by atoms with van der Waals surface area (Å²) in [5, 5.41) is 2.91. The molecule has 0 spiro atoms. The number of ether oxygens (including phenoxy) is 2. The quantitative estimate of drug-likeness (QED) is 0.739. The molecule has 3 fully saturated rings. The Balaban J connectivity index is 1.47. The van der Waals surface area contributed by atoms with E-state index in [0.29, 0.717) is 31.0 Å². The molecule has 1 N–H and O–H groups in total. The lowest BCUT2D eigenvalue weighted by Crippen LogP contribution is -2.44. The van der Waals surface area contributed by atoms with E-state index in [-0.39, 0.29) is 23.7 Å². The summed E-state index contributed by atoms with van der Waals surface area (Å²) in [6.07, 6.45) is 3.48. The molecule has 2 heterocycles. The maximum atomic E-state index is 12.9. The summed E-state index contributed by atoms with van der Waals surface area (Å²) in [4.78, 5) is 41.7. The van der Waals surface area contributed by atoms with Gasteiger partial charge in [-0.1, -0.05) is 0 Å². The summed E-state index contributed by atoms with van der Waals surface area (Å²) in [6.45, 7) is 3.95. The molecule has 1 saturated carbocycles. The van der Waals surface area contributed by atoms with Crippen molar-refractivity contribution in [1.82, 2.24) is 4.90 Å². The van der Waals surface area contributed by atoms with Crippen LogP contribution < -0.4 is 10.2 Å². The molecular weight excluding hydrogens is 386 g/mol. The molecule has 1 aliphatic carbocycles. The first-order valence-corrected chi connectivity index (χ1v) is 10.7. The molecule has 0 aromatic heterocycles. The second-order valence-electron chi connectivity index (χ2n) is 8.21. The fourth-order valence-corrected chi connectivity index (χ4v) is 4.15. The monoisotopic (exact) mass is 415 g/mol. The SMILES string of the molecule is COC(=O)c1cc(N2CCOCC2)ccc1NC(=O)C1CCCN(C(=O)C2CC2)C1. The number of carbonyl (C=O) groups is 3. The summed E-state index contributed by atoms with van der Waals surface area (Å²) < 4.78 is 10.3. The Morgan fingerprint density at radius 1 is 1.07 bits per heavy atom. The van der Waals surface area contributed by atoms with E-state index < -0.39 is 5.97 Å². The number of morpholine rings is 1. The van der Waals surface area contributed by atoms with Gasteiger partial charge in [0, 0.05) is 37.8 Å². The molecule has 8 nitrogen and oxygen atoms in total. The van der Waals surface area contributed by atoms with E-state index in [9.17, 15) is 14.4 Å². The second-order valence-corrected chi connectivity index (χ2v) is 8.21. The molecule has 4 rings (SSSR count). The van der Waals surface area contributed by atoms with Crippen LogP contribution in [0.4, 0.5) is 11.4 Å². The van der Waals surface area contributed by atoms with Crippen molar-refractivity contribution in [3.63, 3.8) is 0 Å². The van der Waals surface area contributed by atoms with Gasteiger partial charge in [-0.2, -0.15) is 0 Å². The van der Waals surface area contributed by atoms with Crippen LogP contribution >= 0.6 is 0 Å². The number of nitrogens with one attached hydrogen (secondary N) is 1. The van der Waals surface area contributed by atoms with Gasteiger partial charge in [0.25, 0.3) is 0 Å². The highest BCUT2D eigenvalue weighted by molar-refractivity contribution is 6.03. The lowest BCUT2D eigenvalue weighted by Gasteiger charge is -2.32. The smallest absolute Gasteiger partial charge is 0.340 e. The summed E-state index contributed by atoms with van der Waals surface area (Å²) in [7, 11) is 1.33. The number of nitrogens with zero attached hydrogens (tertiary/aromatic N) is 2. The topological polar surface area (TPSA) is 88.2 Å². The van der Waals surface area contributed by atoms with Crippen LogP contribution in [0.1, 0.15) is 36.0 Å². The van der Waals surface area contributed by atoms with Gasteiger partial charge in [-0.15, -0.1) is 0 Å². The van der Waals surface area contributed by atoms with Gasteiger partial charge in [0.1, 0.15) is 0 Å². The number of anilines is 2. The molecule has 0 radical (unpaired) electrons. The van der Waals surface area contributed by atoms with Gasteiger partial charge in [0.05, 0.1) is 37.5 Å². The van der Waals surface area contributed by atoms with Crippen molar-refractivity contribution in [2.45, 2.75) is 25.7 Å². The maximum absolute atomic E-state index is 12.9. The molecule has 1 aromatic rings. The first kappa shape index (κ1) is 20.7. The van der Waals surface area contributed by atoms with Crippen LogP contribution in [0.15, 0.2) is 18.2 Å². The minimum absolute atomic E-state index is 0.158. The number of piperidine rings is 1. The van der Waals surface area contributed by atoms with Gasteiger partial charge in [-0.3, -0.25) is 9.59 Å². The lowest BCUT2D eigenvalue weighted by atomic mass is 9.96. The van der Waals surface area contributed by atoms with Gasteiger partial charge in [0.15, 0.2) is 0 Å². The summed E-state index contributed by atoms with van der Waals surface area (Å²) in [5.74, 6) is -0.587. The predicted molar refractivity (Wildman–Crippen MR) is 111 cm³/mol. The zero-order chi connectivity index (χ0) is 21.1. The van der Waals surface area contributed by atoms with E-state index in [1.165, 1.54) is 7.11 Å². The number of carbonyl (C=O) groups excluding carboxylic acids is 3. The molecule has 1 aromatic carbocycles. The standard InChI is InChI=1S/C22H29N3O5/c1-29-22(28)18-13-17(24-9-11-30-12-10-24)6-7-19(18)23-20(26)16-3-2-8-25(14-16)21(27)15-4-5-15/h6-7,13,15-16H,2-5,8-12,14H2,1H3,(H,23,26). The van der Waals surface area contributed by atoms with E-state index in [0.717, 1.165) is 51.0 Å². The van der Waals surface area contributed by atoms with E-state index in [4.69, 9.17) is 9.47 Å². The van der Waals surface area contributed by atoms with Crippen molar-refractivity contribution in [3.8, 4) is 0 Å². The number of hydrogen-bond acceptors (Lipinski definition) is 6. The van der Waals surface area contributed by atoms with Gasteiger partial charge >= 0.3 is 5.97 Å². The Labute approximate surface area is 176 Å². The second kappa shape index (κ2) is 9.04. The molecule has 3 aliphatic rings. The molecule has 162 valence electrons. The molecule has 2 aliphatic heterocycles. The van der Waals surface area contributed by atoms with Crippen molar-refractivity contribution in [1.29, 1.82) is 0 Å². The van der Waals surface area contributed by atoms with Crippen LogP contribution in [-0.2, 0) is 19.1 Å². The third kappa shape index (κ3) is 4.59. The van der Waals surface area contributed by atoms with Crippen LogP contribution in [-0.4, -0.2) is 69.2 Å². The van der Waals surface area contributed by atoms with Gasteiger partial charge in [-0.05, 0) is 43.9 Å². The highest BCUT2D eigenvalue weighted by Crippen LogP contribution is 2.33. The fourth-order valence-electron chi connectivity index (χ4n) is 4.15. The molecular formula is C22H29N3O5. The van der Waals surface area contributed by atoms with E-state index in [1.807, 2.05) is 11.0 Å². The number of rotatable bonds is 5. The highest BCUT2D eigenvalue weighted by atomic mass is 16.5. The number of amides is 2. The Bertz CT molecular complexity index is 817. The fraction of sp³-hybridized carbons (Fsp3) is 0.591. The van der Waals surface area contributed by atoms with Crippen molar-refractivity contribution in [2.75, 3.05) is 56.7 Å². The van der Waals surface area contributed by atoms with Crippen molar-refractivity contribution in [2.24, 2.45) is 11.8 Å². The highest BCUT2D eigenvalue weighted by Gasteiger charge is 2.37. The first-order valence-electron chi connectivity index (χ1n) is 10.7. The number of methoxy groups -OCH3 is 1. The van der Waals surface area contributed by atoms with Crippen LogP contribution in [0.3, 0.4) is 0 Å². The van der Waals surface area contributed by atoms with E-state index >= 15 is 0 Å². The first-order chi connectivity index (χ1) is 14.6. The van der Waals surface area contributed by atoms with Crippen LogP contribution in [0, 0.1) is 11.8 Å².